The van der Waals surface area contributed by atoms with Crippen LogP contribution in [0.25, 0.3) is 0 Å². The van der Waals surface area contributed by atoms with E-state index in [9.17, 15) is 0 Å². The number of hydrogen-bond acceptors (Lipinski definition) is 3. The molecule has 0 aliphatic carbocycles. The van der Waals surface area contributed by atoms with Crippen molar-refractivity contribution in [3.63, 3.8) is 0 Å². The van der Waals surface area contributed by atoms with Gasteiger partial charge in [-0.05, 0) is 24.4 Å². The highest BCUT2D eigenvalue weighted by molar-refractivity contribution is 5.18. The van der Waals surface area contributed by atoms with Crippen molar-refractivity contribution in [3.8, 4) is 0 Å². The summed E-state index contributed by atoms with van der Waals surface area (Å²) in [5, 5.41) is 3.53. The minimum atomic E-state index is 0.265. The molecule has 114 valence electrons. The lowest BCUT2D eigenvalue weighted by Gasteiger charge is -2.19. The standard InChI is InChI=1S/C17H29NO2/c1-4-10-18-17(16-8-6-5-7-9-16)14-20-12-11-19-13-15(2)3/h5-9,15,17-18H,4,10-14H2,1-3H3. The summed E-state index contributed by atoms with van der Waals surface area (Å²) in [6.45, 7) is 10.3. The van der Waals surface area contributed by atoms with Crippen LogP contribution in [0.4, 0.5) is 0 Å². The Labute approximate surface area is 123 Å². The lowest BCUT2D eigenvalue weighted by Crippen LogP contribution is -2.27. The van der Waals surface area contributed by atoms with Gasteiger partial charge in [0.15, 0.2) is 0 Å². The van der Waals surface area contributed by atoms with Gasteiger partial charge in [-0.25, -0.2) is 0 Å². The van der Waals surface area contributed by atoms with Crippen molar-refractivity contribution >= 4 is 0 Å². The van der Waals surface area contributed by atoms with Gasteiger partial charge in [-0.15, -0.1) is 0 Å². The fourth-order valence-electron chi connectivity index (χ4n) is 1.91. The number of ether oxygens (including phenoxy) is 2. The zero-order valence-electron chi connectivity index (χ0n) is 13.1. The second-order valence-electron chi connectivity index (χ2n) is 5.46. The Bertz CT molecular complexity index is 327. The van der Waals surface area contributed by atoms with Crippen molar-refractivity contribution in [2.45, 2.75) is 33.2 Å². The number of nitrogens with one attached hydrogen (secondary N) is 1. The van der Waals surface area contributed by atoms with Gasteiger partial charge in [0.2, 0.25) is 0 Å². The minimum absolute atomic E-state index is 0.265. The molecule has 0 bridgehead atoms. The summed E-state index contributed by atoms with van der Waals surface area (Å²) < 4.78 is 11.3. The van der Waals surface area contributed by atoms with Gasteiger partial charge < -0.3 is 14.8 Å². The summed E-state index contributed by atoms with van der Waals surface area (Å²) in [5.74, 6) is 0.582. The van der Waals surface area contributed by atoms with E-state index in [0.717, 1.165) is 19.6 Å². The highest BCUT2D eigenvalue weighted by Crippen LogP contribution is 2.12. The molecule has 0 spiro atoms. The predicted octanol–water partition coefficient (Wildman–Crippen LogP) is 3.42. The van der Waals surface area contributed by atoms with Crippen LogP contribution < -0.4 is 5.32 Å². The molecule has 3 nitrogen and oxygen atoms in total. The van der Waals surface area contributed by atoms with Crippen LogP contribution in [0.3, 0.4) is 0 Å². The third-order valence-corrected chi connectivity index (χ3v) is 2.95. The molecule has 0 aliphatic rings. The molecule has 1 N–H and O–H groups in total. The molecule has 3 heteroatoms. The van der Waals surface area contributed by atoms with Gasteiger partial charge in [0, 0.05) is 6.61 Å². The molecule has 0 aliphatic heterocycles. The third-order valence-electron chi connectivity index (χ3n) is 2.95. The van der Waals surface area contributed by atoms with Crippen LogP contribution in [0.5, 0.6) is 0 Å². The summed E-state index contributed by atoms with van der Waals surface area (Å²) >= 11 is 0. The van der Waals surface area contributed by atoms with Crippen molar-refractivity contribution in [1.82, 2.24) is 5.32 Å². The molecule has 0 fully saturated rings. The largest absolute Gasteiger partial charge is 0.379 e. The van der Waals surface area contributed by atoms with Crippen molar-refractivity contribution in [1.29, 1.82) is 0 Å². The van der Waals surface area contributed by atoms with Crippen molar-refractivity contribution < 1.29 is 9.47 Å². The maximum atomic E-state index is 5.74. The van der Waals surface area contributed by atoms with Crippen LogP contribution in [0.15, 0.2) is 30.3 Å². The minimum Gasteiger partial charge on any atom is -0.379 e. The van der Waals surface area contributed by atoms with Gasteiger partial charge in [-0.1, -0.05) is 51.1 Å². The van der Waals surface area contributed by atoms with Crippen molar-refractivity contribution in [3.05, 3.63) is 35.9 Å². The van der Waals surface area contributed by atoms with Gasteiger partial charge in [0.25, 0.3) is 0 Å². The van der Waals surface area contributed by atoms with Crippen LogP contribution in [0.1, 0.15) is 38.8 Å². The zero-order valence-corrected chi connectivity index (χ0v) is 13.1. The van der Waals surface area contributed by atoms with Gasteiger partial charge in [0.1, 0.15) is 0 Å². The Balaban J connectivity index is 2.27. The molecular weight excluding hydrogens is 250 g/mol. The molecule has 20 heavy (non-hydrogen) atoms. The molecule has 0 heterocycles. The smallest absolute Gasteiger partial charge is 0.0701 e. The lowest BCUT2D eigenvalue weighted by molar-refractivity contribution is 0.0302. The first-order chi connectivity index (χ1) is 9.74. The van der Waals surface area contributed by atoms with E-state index in [4.69, 9.17) is 9.47 Å². The molecule has 0 amide bonds. The first-order valence-electron chi connectivity index (χ1n) is 7.67. The van der Waals surface area contributed by atoms with Crippen LogP contribution >= 0.6 is 0 Å². The van der Waals surface area contributed by atoms with Crippen LogP contribution in [0, 0.1) is 5.92 Å². The zero-order chi connectivity index (χ0) is 14.6. The average molecular weight is 279 g/mol. The fraction of sp³-hybridized carbons (Fsp3) is 0.647. The molecule has 1 rings (SSSR count). The second-order valence-corrected chi connectivity index (χ2v) is 5.46. The highest BCUT2D eigenvalue weighted by atomic mass is 16.5. The maximum absolute atomic E-state index is 5.74. The Kier molecular flexibility index (Phi) is 9.29. The normalized spacial score (nSPS) is 12.8. The summed E-state index contributed by atoms with van der Waals surface area (Å²) in [6.07, 6.45) is 1.13. The van der Waals surface area contributed by atoms with E-state index in [0.29, 0.717) is 25.7 Å². The topological polar surface area (TPSA) is 30.5 Å². The van der Waals surface area contributed by atoms with Gasteiger partial charge in [0.05, 0.1) is 25.9 Å². The maximum Gasteiger partial charge on any atom is 0.0701 e. The Morgan fingerprint density at radius 3 is 2.25 bits per heavy atom. The molecule has 0 radical (unpaired) electrons. The summed E-state index contributed by atoms with van der Waals surface area (Å²) in [7, 11) is 0. The van der Waals surface area contributed by atoms with E-state index < -0.39 is 0 Å². The van der Waals surface area contributed by atoms with Gasteiger partial charge >= 0.3 is 0 Å². The Hall–Kier alpha value is -0.900. The fourth-order valence-corrected chi connectivity index (χ4v) is 1.91. The average Bonchev–Trinajstić information content (AvgIpc) is 2.46. The quantitative estimate of drug-likeness (QED) is 0.630. The van der Waals surface area contributed by atoms with Crippen LogP contribution in [-0.4, -0.2) is 33.0 Å². The molecular formula is C17H29NO2. The summed E-state index contributed by atoms with van der Waals surface area (Å²) in [6, 6.07) is 10.7. The number of benzene rings is 1. The first kappa shape index (κ1) is 17.2. The molecule has 0 saturated heterocycles. The van der Waals surface area contributed by atoms with Crippen LogP contribution in [-0.2, 0) is 9.47 Å². The van der Waals surface area contributed by atoms with Crippen molar-refractivity contribution in [2.24, 2.45) is 5.92 Å². The Morgan fingerprint density at radius 1 is 1.00 bits per heavy atom. The van der Waals surface area contributed by atoms with E-state index in [1.807, 2.05) is 6.07 Å². The van der Waals surface area contributed by atoms with Crippen LogP contribution in [0.2, 0.25) is 0 Å². The lowest BCUT2D eigenvalue weighted by atomic mass is 10.1. The second kappa shape index (κ2) is 10.8. The van der Waals surface area contributed by atoms with Gasteiger partial charge in [-0.3, -0.25) is 0 Å². The molecule has 1 atom stereocenters. The highest BCUT2D eigenvalue weighted by Gasteiger charge is 2.10. The van der Waals surface area contributed by atoms with E-state index in [-0.39, 0.29) is 6.04 Å². The first-order valence-corrected chi connectivity index (χ1v) is 7.67. The monoisotopic (exact) mass is 279 g/mol. The molecule has 1 aromatic rings. The summed E-state index contributed by atoms with van der Waals surface area (Å²) in [4.78, 5) is 0. The number of rotatable bonds is 11. The van der Waals surface area contributed by atoms with Gasteiger partial charge in [-0.2, -0.15) is 0 Å². The molecule has 1 aromatic carbocycles. The molecule has 0 saturated carbocycles. The number of hydrogen-bond donors (Lipinski definition) is 1. The van der Waals surface area contributed by atoms with E-state index >= 15 is 0 Å². The molecule has 0 aromatic heterocycles. The van der Waals surface area contributed by atoms with Crippen molar-refractivity contribution in [2.75, 3.05) is 33.0 Å². The van der Waals surface area contributed by atoms with E-state index in [1.165, 1.54) is 5.56 Å². The summed E-state index contributed by atoms with van der Waals surface area (Å²) in [5.41, 5.74) is 1.28. The SMILES string of the molecule is CCCNC(COCCOCC(C)C)c1ccccc1. The Morgan fingerprint density at radius 2 is 1.65 bits per heavy atom. The van der Waals surface area contributed by atoms with E-state index in [2.05, 4.69) is 50.4 Å². The third kappa shape index (κ3) is 7.63. The van der Waals surface area contributed by atoms with E-state index in [1.54, 1.807) is 0 Å². The molecule has 1 unspecified atom stereocenters. The predicted molar refractivity (Wildman–Crippen MR) is 84.0 cm³/mol.